The molecule has 0 bridgehead atoms. The molecule has 207 valence electrons. The van der Waals surface area contributed by atoms with Gasteiger partial charge in [0.05, 0.1) is 19.3 Å². The molecule has 0 atom stereocenters. The molecule has 0 spiro atoms. The van der Waals surface area contributed by atoms with Crippen molar-refractivity contribution in [1.29, 1.82) is 0 Å². The number of hydrogen-bond donors (Lipinski definition) is 1. The third kappa shape index (κ3) is 7.00. The van der Waals surface area contributed by atoms with Gasteiger partial charge in [0.25, 0.3) is 0 Å². The number of carbonyl (C=O) groups is 1. The number of aryl methyl sites for hydroxylation is 2. The smallest absolute Gasteiger partial charge is 0.155 e. The second-order valence-corrected chi connectivity index (χ2v) is 16.0. The SMILES string of the molecule is CC(=O)/C=C(/C)O.Cc1[c-]c(-c2nccc3c2cnc2c([Si](C)(C)C)c(-c4ccccc4)ccc23)cc(C)c1.[Ir]. The maximum atomic E-state index is 10.0. The van der Waals surface area contributed by atoms with E-state index in [-0.39, 0.29) is 31.6 Å². The Morgan fingerprint density at radius 2 is 1.60 bits per heavy atom. The van der Waals surface area contributed by atoms with Crippen LogP contribution in [0.25, 0.3) is 44.1 Å². The zero-order valence-corrected chi connectivity index (χ0v) is 27.5. The van der Waals surface area contributed by atoms with Crippen molar-refractivity contribution in [3.63, 3.8) is 0 Å². The summed E-state index contributed by atoms with van der Waals surface area (Å²) in [6, 6.07) is 25.1. The molecular weight excluding hydrogens is 689 g/mol. The Kier molecular flexibility index (Phi) is 9.96. The topological polar surface area (TPSA) is 63.1 Å². The number of aromatic nitrogens is 2. The van der Waals surface area contributed by atoms with Crippen molar-refractivity contribution in [2.24, 2.45) is 0 Å². The zero-order chi connectivity index (χ0) is 28.3. The molecule has 6 heteroatoms. The standard InChI is InChI=1S/C29H27N2Si.C5H8O2.Ir/c1-19-15-20(2)17-22(16-19)27-26-18-31-28-25(24(26)13-14-30-27)12-11-23(29(28)32(3,4)5)21-9-7-6-8-10-21;1-4(6)3-5(2)7;/h6-16,18H,1-5H3;3,6H,1-2H3;/q-1;;/b;4-3-;. The first-order valence-electron chi connectivity index (χ1n) is 13.1. The van der Waals surface area contributed by atoms with Crippen LogP contribution in [0.5, 0.6) is 0 Å². The van der Waals surface area contributed by atoms with E-state index in [1.807, 2.05) is 12.4 Å². The van der Waals surface area contributed by atoms with E-state index in [0.717, 1.165) is 27.7 Å². The molecule has 2 heterocycles. The van der Waals surface area contributed by atoms with Gasteiger partial charge in [-0.3, -0.25) is 9.78 Å². The Morgan fingerprint density at radius 3 is 2.17 bits per heavy atom. The number of benzene rings is 3. The van der Waals surface area contributed by atoms with E-state index in [4.69, 9.17) is 15.1 Å². The van der Waals surface area contributed by atoms with E-state index >= 15 is 0 Å². The summed E-state index contributed by atoms with van der Waals surface area (Å²) in [7, 11) is -1.69. The van der Waals surface area contributed by atoms with Gasteiger partial charge in [0.15, 0.2) is 5.78 Å². The number of aliphatic hydroxyl groups excluding tert-OH is 1. The number of rotatable bonds is 4. The molecule has 1 N–H and O–H groups in total. The number of aliphatic hydroxyl groups is 1. The van der Waals surface area contributed by atoms with Crippen molar-refractivity contribution in [1.82, 2.24) is 9.97 Å². The first kappa shape index (κ1) is 31.1. The van der Waals surface area contributed by atoms with Crippen LogP contribution in [0.1, 0.15) is 25.0 Å². The minimum absolute atomic E-state index is 0. The summed E-state index contributed by atoms with van der Waals surface area (Å²) >= 11 is 0. The van der Waals surface area contributed by atoms with Gasteiger partial charge in [0, 0.05) is 44.0 Å². The van der Waals surface area contributed by atoms with E-state index in [1.165, 1.54) is 52.6 Å². The zero-order valence-electron chi connectivity index (χ0n) is 24.1. The molecule has 5 aromatic rings. The first-order chi connectivity index (χ1) is 18.5. The quantitative estimate of drug-likeness (QED) is 0.0670. The van der Waals surface area contributed by atoms with Crippen molar-refractivity contribution in [3.8, 4) is 22.4 Å². The number of nitrogens with zero attached hydrogens (tertiary/aromatic N) is 2. The molecule has 0 unspecified atom stereocenters. The van der Waals surface area contributed by atoms with Gasteiger partial charge in [-0.25, -0.2) is 0 Å². The maximum Gasteiger partial charge on any atom is 0.155 e. The minimum atomic E-state index is -1.69. The van der Waals surface area contributed by atoms with Gasteiger partial charge in [0.2, 0.25) is 0 Å². The Balaban J connectivity index is 0.000000492. The van der Waals surface area contributed by atoms with Gasteiger partial charge in [0.1, 0.15) is 0 Å². The van der Waals surface area contributed by atoms with E-state index in [0.29, 0.717) is 0 Å². The van der Waals surface area contributed by atoms with Gasteiger partial charge in [-0.15, -0.1) is 34.9 Å². The summed E-state index contributed by atoms with van der Waals surface area (Å²) in [6.45, 7) is 14.3. The molecular formula is C34H35IrN2O2Si-. The van der Waals surface area contributed by atoms with E-state index in [9.17, 15) is 4.79 Å². The van der Waals surface area contributed by atoms with Crippen LogP contribution in [-0.2, 0) is 24.9 Å². The van der Waals surface area contributed by atoms with Crippen molar-refractivity contribution >= 4 is 40.7 Å². The fourth-order valence-electron chi connectivity index (χ4n) is 5.06. The van der Waals surface area contributed by atoms with Crippen LogP contribution in [0, 0.1) is 19.9 Å². The maximum absolute atomic E-state index is 10.0. The van der Waals surface area contributed by atoms with Crippen LogP contribution in [-0.4, -0.2) is 28.9 Å². The van der Waals surface area contributed by atoms with Gasteiger partial charge in [-0.05, 0) is 52.7 Å². The van der Waals surface area contributed by atoms with Crippen LogP contribution >= 0.6 is 0 Å². The second-order valence-electron chi connectivity index (χ2n) is 11.0. The Bertz CT molecular complexity index is 1680. The summed E-state index contributed by atoms with van der Waals surface area (Å²) in [5, 5.41) is 13.3. The third-order valence-electron chi connectivity index (χ3n) is 6.43. The number of ketones is 1. The van der Waals surface area contributed by atoms with E-state index < -0.39 is 8.07 Å². The molecule has 5 rings (SSSR count). The van der Waals surface area contributed by atoms with E-state index in [1.54, 1.807) is 0 Å². The second kappa shape index (κ2) is 12.8. The van der Waals surface area contributed by atoms with Crippen molar-refractivity contribution in [3.05, 3.63) is 102 Å². The Morgan fingerprint density at radius 1 is 0.900 bits per heavy atom. The molecule has 3 aromatic carbocycles. The molecule has 4 nitrogen and oxygen atoms in total. The largest absolute Gasteiger partial charge is 0.512 e. The van der Waals surface area contributed by atoms with Crippen LogP contribution in [0.4, 0.5) is 0 Å². The van der Waals surface area contributed by atoms with E-state index in [2.05, 4.69) is 100 Å². The number of pyridine rings is 2. The summed E-state index contributed by atoms with van der Waals surface area (Å²) in [5.74, 6) is -0.0625. The van der Waals surface area contributed by atoms with Gasteiger partial charge in [-0.1, -0.05) is 76.0 Å². The molecule has 40 heavy (non-hydrogen) atoms. The molecule has 0 aliphatic heterocycles. The van der Waals surface area contributed by atoms with Crippen LogP contribution in [0.3, 0.4) is 0 Å². The summed E-state index contributed by atoms with van der Waals surface area (Å²) in [6.07, 6.45) is 5.10. The summed E-state index contributed by atoms with van der Waals surface area (Å²) in [5.41, 5.74) is 8.01. The summed E-state index contributed by atoms with van der Waals surface area (Å²) < 4.78 is 0. The van der Waals surface area contributed by atoms with Gasteiger partial charge >= 0.3 is 0 Å². The molecule has 2 aromatic heterocycles. The predicted molar refractivity (Wildman–Crippen MR) is 166 cm³/mol. The number of allylic oxidation sites excluding steroid dienone is 2. The fraction of sp³-hybridized carbons (Fsp3) is 0.206. The molecule has 0 saturated heterocycles. The van der Waals surface area contributed by atoms with Gasteiger partial charge < -0.3 is 10.1 Å². The van der Waals surface area contributed by atoms with Crippen molar-refractivity contribution in [2.75, 3.05) is 0 Å². The van der Waals surface area contributed by atoms with Crippen LogP contribution in [0.15, 0.2) is 84.9 Å². The molecule has 0 amide bonds. The average molecular weight is 724 g/mol. The number of carbonyl (C=O) groups excluding carboxylic acids is 1. The Hall–Kier alpha value is -3.44. The average Bonchev–Trinajstić information content (AvgIpc) is 2.86. The van der Waals surface area contributed by atoms with Crippen LogP contribution < -0.4 is 5.19 Å². The fourth-order valence-corrected chi connectivity index (χ4v) is 7.01. The van der Waals surface area contributed by atoms with Crippen molar-refractivity contribution < 1.29 is 30.0 Å². The van der Waals surface area contributed by atoms with Gasteiger partial charge in [-0.2, -0.15) is 0 Å². The minimum Gasteiger partial charge on any atom is -0.512 e. The van der Waals surface area contributed by atoms with Crippen LogP contribution in [0.2, 0.25) is 19.6 Å². The van der Waals surface area contributed by atoms with Crippen molar-refractivity contribution in [2.45, 2.75) is 47.3 Å². The normalized spacial score (nSPS) is 11.5. The summed E-state index contributed by atoms with van der Waals surface area (Å²) in [4.78, 5) is 19.8. The molecule has 0 saturated carbocycles. The Labute approximate surface area is 251 Å². The molecule has 0 aliphatic rings. The first-order valence-corrected chi connectivity index (χ1v) is 16.6. The number of fused-ring (bicyclic) bond motifs is 3. The molecule has 0 fully saturated rings. The molecule has 1 radical (unpaired) electrons. The molecule has 0 aliphatic carbocycles. The number of hydrogen-bond acceptors (Lipinski definition) is 4. The third-order valence-corrected chi connectivity index (χ3v) is 8.44. The monoisotopic (exact) mass is 724 g/mol. The predicted octanol–water partition coefficient (Wildman–Crippen LogP) is 8.11.